The number of nitrogens with zero attached hydrogens (tertiary/aromatic N) is 2. The molecule has 0 aliphatic rings. The summed E-state index contributed by atoms with van der Waals surface area (Å²) in [7, 11) is 0. The second kappa shape index (κ2) is 12.0. The van der Waals surface area contributed by atoms with Crippen LogP contribution in [-0.4, -0.2) is 17.1 Å². The van der Waals surface area contributed by atoms with Crippen LogP contribution in [0.2, 0.25) is 0 Å². The molecule has 0 fully saturated rings. The van der Waals surface area contributed by atoms with Gasteiger partial charge < -0.3 is 10.1 Å². The molecule has 0 aliphatic heterocycles. The van der Waals surface area contributed by atoms with Crippen LogP contribution >= 0.6 is 11.3 Å². The van der Waals surface area contributed by atoms with Crippen LogP contribution in [0.25, 0.3) is 11.3 Å². The Kier molecular flexibility index (Phi) is 7.86. The Morgan fingerprint density at radius 1 is 0.895 bits per heavy atom. The number of hydrazone groups is 1. The number of anilines is 2. The first-order chi connectivity index (χ1) is 18.6. The van der Waals surface area contributed by atoms with E-state index in [2.05, 4.69) is 15.8 Å². The quantitative estimate of drug-likeness (QED) is 0.156. The molecule has 5 aromatic rings. The van der Waals surface area contributed by atoms with Crippen molar-refractivity contribution in [1.29, 1.82) is 0 Å². The zero-order valence-corrected chi connectivity index (χ0v) is 21.6. The second-order valence-electron chi connectivity index (χ2n) is 8.63. The average molecular weight is 519 g/mol. The largest absolute Gasteiger partial charge is 0.457 e. The minimum atomic E-state index is -0.0986. The van der Waals surface area contributed by atoms with E-state index in [1.807, 2.05) is 116 Å². The van der Waals surface area contributed by atoms with Crippen molar-refractivity contribution in [3.8, 4) is 22.8 Å². The first kappa shape index (κ1) is 24.9. The summed E-state index contributed by atoms with van der Waals surface area (Å²) >= 11 is 1.34. The van der Waals surface area contributed by atoms with Crippen LogP contribution in [0.5, 0.6) is 11.5 Å². The van der Waals surface area contributed by atoms with Gasteiger partial charge in [-0.25, -0.2) is 4.98 Å². The Hall–Kier alpha value is -4.75. The van der Waals surface area contributed by atoms with Gasteiger partial charge in [-0.15, -0.1) is 0 Å². The number of amides is 1. The van der Waals surface area contributed by atoms with Crippen molar-refractivity contribution in [3.63, 3.8) is 0 Å². The fourth-order valence-corrected chi connectivity index (χ4v) is 4.61. The lowest BCUT2D eigenvalue weighted by Gasteiger charge is -2.06. The molecule has 0 atom stereocenters. The van der Waals surface area contributed by atoms with Crippen molar-refractivity contribution < 1.29 is 9.53 Å². The van der Waals surface area contributed by atoms with E-state index in [-0.39, 0.29) is 12.3 Å². The number of ether oxygens (including phenoxy) is 1. The van der Waals surface area contributed by atoms with Gasteiger partial charge in [0.15, 0.2) is 0 Å². The fourth-order valence-electron chi connectivity index (χ4n) is 3.76. The van der Waals surface area contributed by atoms with Crippen molar-refractivity contribution in [2.24, 2.45) is 5.10 Å². The molecule has 0 spiro atoms. The molecule has 0 radical (unpaired) electrons. The maximum Gasteiger partial charge on any atom is 0.229 e. The molecule has 1 amide bonds. The van der Waals surface area contributed by atoms with Crippen LogP contribution < -0.4 is 15.5 Å². The molecule has 0 saturated heterocycles. The van der Waals surface area contributed by atoms with Crippen LogP contribution in [0.3, 0.4) is 0 Å². The fraction of sp³-hybridized carbons (Fsp3) is 0.0645. The molecule has 0 unspecified atom stereocenters. The van der Waals surface area contributed by atoms with Gasteiger partial charge in [0, 0.05) is 5.56 Å². The van der Waals surface area contributed by atoms with Crippen LogP contribution in [0.15, 0.2) is 114 Å². The summed E-state index contributed by atoms with van der Waals surface area (Å²) in [6, 6.07) is 35.0. The molecular formula is C31H26N4O2S. The van der Waals surface area contributed by atoms with Crippen molar-refractivity contribution in [2.75, 3.05) is 10.7 Å². The molecule has 0 saturated carbocycles. The number of nitrogens with one attached hydrogen (secondary N) is 2. The topological polar surface area (TPSA) is 75.6 Å². The third kappa shape index (κ3) is 6.72. The van der Waals surface area contributed by atoms with E-state index < -0.39 is 0 Å². The van der Waals surface area contributed by atoms with Crippen molar-refractivity contribution in [1.82, 2.24) is 4.98 Å². The van der Waals surface area contributed by atoms with Gasteiger partial charge in [-0.2, -0.15) is 5.10 Å². The minimum Gasteiger partial charge on any atom is -0.457 e. The number of aromatic nitrogens is 1. The molecule has 5 rings (SSSR count). The number of para-hydroxylation sites is 1. The van der Waals surface area contributed by atoms with Crippen LogP contribution in [0.4, 0.5) is 10.1 Å². The molecule has 38 heavy (non-hydrogen) atoms. The molecule has 7 heteroatoms. The number of benzene rings is 4. The lowest BCUT2D eigenvalue weighted by atomic mass is 10.1. The summed E-state index contributed by atoms with van der Waals surface area (Å²) in [4.78, 5) is 17.5. The highest BCUT2D eigenvalue weighted by Crippen LogP contribution is 2.36. The number of carbonyl (C=O) groups is 1. The summed E-state index contributed by atoms with van der Waals surface area (Å²) in [6.07, 6.45) is 1.99. The van der Waals surface area contributed by atoms with Gasteiger partial charge in [0.25, 0.3) is 0 Å². The van der Waals surface area contributed by atoms with Gasteiger partial charge in [0.1, 0.15) is 22.2 Å². The van der Waals surface area contributed by atoms with Crippen LogP contribution in [-0.2, 0) is 11.2 Å². The third-order valence-corrected chi connectivity index (χ3v) is 6.50. The van der Waals surface area contributed by atoms with Crippen molar-refractivity contribution >= 4 is 33.6 Å². The Morgan fingerprint density at radius 2 is 1.61 bits per heavy atom. The van der Waals surface area contributed by atoms with E-state index in [0.29, 0.717) is 15.8 Å². The number of aryl methyl sites for hydroxylation is 1. The van der Waals surface area contributed by atoms with Crippen molar-refractivity contribution in [3.05, 3.63) is 126 Å². The molecule has 0 bridgehead atoms. The number of thiazole rings is 1. The number of rotatable bonds is 9. The van der Waals surface area contributed by atoms with E-state index in [0.717, 1.165) is 33.8 Å². The predicted octanol–water partition coefficient (Wildman–Crippen LogP) is 7.54. The summed E-state index contributed by atoms with van der Waals surface area (Å²) < 4.78 is 5.91. The normalized spacial score (nSPS) is 10.9. The van der Waals surface area contributed by atoms with E-state index in [4.69, 9.17) is 9.72 Å². The predicted molar refractivity (Wildman–Crippen MR) is 155 cm³/mol. The Labute approximate surface area is 225 Å². The van der Waals surface area contributed by atoms with Gasteiger partial charge in [-0.1, -0.05) is 102 Å². The lowest BCUT2D eigenvalue weighted by Crippen LogP contribution is -2.14. The first-order valence-electron chi connectivity index (χ1n) is 12.2. The molecule has 2 N–H and O–H groups in total. The number of hydrogen-bond donors (Lipinski definition) is 2. The van der Waals surface area contributed by atoms with E-state index in [1.165, 1.54) is 11.3 Å². The highest BCUT2D eigenvalue weighted by atomic mass is 32.1. The summed E-state index contributed by atoms with van der Waals surface area (Å²) in [5, 5.41) is 8.66. The molecular weight excluding hydrogens is 492 g/mol. The molecule has 188 valence electrons. The zero-order chi connectivity index (χ0) is 26.2. The minimum absolute atomic E-state index is 0.0986. The standard InChI is InChI=1S/C31H26N4O2S/c1-22-15-17-25(18-16-22)29-30(33-28(36)20-23-9-4-2-5-10-23)38-31(34-29)35-32-21-24-11-8-14-27(19-24)37-26-12-6-3-7-13-26/h2-19,21H,20H2,1H3,(H,33,36)(H,34,35)/b32-21+. The van der Waals surface area contributed by atoms with Crippen LogP contribution in [0.1, 0.15) is 16.7 Å². The molecule has 6 nitrogen and oxygen atoms in total. The SMILES string of the molecule is Cc1ccc(-c2nc(N/N=C/c3cccc(Oc4ccccc4)c3)sc2NC(=O)Cc2ccccc2)cc1. The monoisotopic (exact) mass is 518 g/mol. The van der Waals surface area contributed by atoms with E-state index >= 15 is 0 Å². The smallest absolute Gasteiger partial charge is 0.229 e. The lowest BCUT2D eigenvalue weighted by molar-refractivity contribution is -0.115. The summed E-state index contributed by atoms with van der Waals surface area (Å²) in [5.41, 5.74) is 7.61. The first-order valence-corrected chi connectivity index (χ1v) is 13.0. The highest BCUT2D eigenvalue weighted by Gasteiger charge is 2.16. The van der Waals surface area contributed by atoms with E-state index in [1.54, 1.807) is 6.21 Å². The molecule has 0 aliphatic carbocycles. The van der Waals surface area contributed by atoms with Gasteiger partial charge >= 0.3 is 0 Å². The number of carbonyl (C=O) groups excluding carboxylic acids is 1. The maximum atomic E-state index is 12.8. The number of hydrogen-bond acceptors (Lipinski definition) is 6. The van der Waals surface area contributed by atoms with E-state index in [9.17, 15) is 4.79 Å². The van der Waals surface area contributed by atoms with Gasteiger partial charge in [0.05, 0.1) is 12.6 Å². The summed E-state index contributed by atoms with van der Waals surface area (Å²) in [6.45, 7) is 2.04. The highest BCUT2D eigenvalue weighted by molar-refractivity contribution is 7.20. The van der Waals surface area contributed by atoms with Gasteiger partial charge in [0.2, 0.25) is 11.0 Å². The maximum absolute atomic E-state index is 12.8. The van der Waals surface area contributed by atoms with Gasteiger partial charge in [-0.05, 0) is 42.3 Å². The van der Waals surface area contributed by atoms with Gasteiger partial charge in [-0.3, -0.25) is 10.2 Å². The zero-order valence-electron chi connectivity index (χ0n) is 20.8. The Bertz CT molecular complexity index is 1530. The third-order valence-electron chi connectivity index (χ3n) is 5.62. The van der Waals surface area contributed by atoms with Crippen LogP contribution in [0, 0.1) is 6.92 Å². The molecule has 1 aromatic heterocycles. The van der Waals surface area contributed by atoms with Crippen molar-refractivity contribution in [2.45, 2.75) is 13.3 Å². The average Bonchev–Trinajstić information content (AvgIpc) is 3.32. The Morgan fingerprint density at radius 3 is 2.37 bits per heavy atom. The second-order valence-corrected chi connectivity index (χ2v) is 9.63. The molecule has 4 aromatic carbocycles. The Balaban J connectivity index is 1.31. The summed E-state index contributed by atoms with van der Waals surface area (Å²) in [5.74, 6) is 1.39. The molecule has 1 heterocycles.